The minimum absolute atomic E-state index is 0.0289. The normalized spacial score (nSPS) is 10.1. The third-order valence-corrected chi connectivity index (χ3v) is 1.68. The van der Waals surface area contributed by atoms with Crippen LogP contribution in [0.5, 0.6) is 0 Å². The van der Waals surface area contributed by atoms with Crippen molar-refractivity contribution in [2.75, 3.05) is 33.5 Å². The van der Waals surface area contributed by atoms with Crippen molar-refractivity contribution in [1.82, 2.24) is 5.32 Å². The smallest absolute Gasteiger partial charge is 0.412 e. The van der Waals surface area contributed by atoms with E-state index in [0.717, 1.165) is 12.5 Å². The van der Waals surface area contributed by atoms with Gasteiger partial charge in [-0.1, -0.05) is 6.58 Å². The largest absolute Gasteiger partial charge is 0.460 e. The van der Waals surface area contributed by atoms with Crippen molar-refractivity contribution in [2.45, 2.75) is 6.92 Å². The maximum atomic E-state index is 11.1. The molecule has 0 unspecified atom stereocenters. The number of amides is 1. The highest BCUT2D eigenvalue weighted by Gasteiger charge is 2.03. The SMILES string of the molecule is C=C(C)C(=O)OCCNC(=O)O/C=C\OOCCOC. The van der Waals surface area contributed by atoms with Crippen molar-refractivity contribution < 1.29 is 33.6 Å². The Morgan fingerprint density at radius 2 is 1.95 bits per heavy atom. The number of carbonyl (C=O) groups is 2. The van der Waals surface area contributed by atoms with E-state index >= 15 is 0 Å². The summed E-state index contributed by atoms with van der Waals surface area (Å²) < 4.78 is 14.0. The highest BCUT2D eigenvalue weighted by atomic mass is 17.2. The van der Waals surface area contributed by atoms with E-state index in [2.05, 4.69) is 26.4 Å². The molecule has 114 valence electrons. The van der Waals surface area contributed by atoms with E-state index in [1.165, 1.54) is 14.0 Å². The number of ether oxygens (including phenoxy) is 3. The molecule has 0 saturated carbocycles. The van der Waals surface area contributed by atoms with E-state index < -0.39 is 12.1 Å². The summed E-state index contributed by atoms with van der Waals surface area (Å²) in [6.45, 7) is 5.74. The predicted molar refractivity (Wildman–Crippen MR) is 68.3 cm³/mol. The van der Waals surface area contributed by atoms with Crippen LogP contribution in [-0.4, -0.2) is 45.5 Å². The van der Waals surface area contributed by atoms with Crippen molar-refractivity contribution in [1.29, 1.82) is 0 Å². The summed E-state index contributed by atoms with van der Waals surface area (Å²) in [5.41, 5.74) is 0.293. The van der Waals surface area contributed by atoms with E-state index in [9.17, 15) is 9.59 Å². The monoisotopic (exact) mass is 289 g/mol. The van der Waals surface area contributed by atoms with Gasteiger partial charge in [-0.3, -0.25) is 0 Å². The van der Waals surface area contributed by atoms with Gasteiger partial charge in [0.2, 0.25) is 0 Å². The Morgan fingerprint density at radius 3 is 2.60 bits per heavy atom. The Labute approximate surface area is 117 Å². The van der Waals surface area contributed by atoms with Gasteiger partial charge < -0.3 is 24.4 Å². The third-order valence-electron chi connectivity index (χ3n) is 1.68. The molecular weight excluding hydrogens is 270 g/mol. The van der Waals surface area contributed by atoms with Gasteiger partial charge in [-0.2, -0.15) is 4.89 Å². The van der Waals surface area contributed by atoms with Crippen molar-refractivity contribution in [3.8, 4) is 0 Å². The van der Waals surface area contributed by atoms with Gasteiger partial charge in [0.1, 0.15) is 19.5 Å². The number of esters is 1. The summed E-state index contributed by atoms with van der Waals surface area (Å²) in [6.07, 6.45) is 1.34. The third kappa shape index (κ3) is 11.1. The summed E-state index contributed by atoms with van der Waals surface area (Å²) in [4.78, 5) is 31.2. The molecule has 0 aliphatic carbocycles. The highest BCUT2D eigenvalue weighted by Crippen LogP contribution is 1.91. The minimum Gasteiger partial charge on any atom is -0.460 e. The fourth-order valence-electron chi connectivity index (χ4n) is 0.779. The summed E-state index contributed by atoms with van der Waals surface area (Å²) in [6, 6.07) is 0. The van der Waals surface area contributed by atoms with E-state index in [4.69, 9.17) is 9.47 Å². The standard InChI is InChI=1S/C12H19NO7/c1-10(2)11(14)17-5-4-13-12(15)18-7-9-20-19-8-6-16-3/h7,9H,1,4-6,8H2,2-3H3,(H,13,15)/b9-7-. The molecule has 0 saturated heterocycles. The zero-order valence-electron chi connectivity index (χ0n) is 11.5. The molecule has 0 spiro atoms. The van der Waals surface area contributed by atoms with Crippen LogP contribution in [0.15, 0.2) is 24.7 Å². The van der Waals surface area contributed by atoms with Crippen LogP contribution >= 0.6 is 0 Å². The number of methoxy groups -OCH3 is 1. The van der Waals surface area contributed by atoms with Crippen LogP contribution in [0.3, 0.4) is 0 Å². The van der Waals surface area contributed by atoms with Gasteiger partial charge >= 0.3 is 12.1 Å². The Bertz CT molecular complexity index is 341. The molecule has 0 radical (unpaired) electrons. The molecule has 0 fully saturated rings. The first-order valence-corrected chi connectivity index (χ1v) is 5.77. The van der Waals surface area contributed by atoms with Crippen LogP contribution in [0.2, 0.25) is 0 Å². The zero-order valence-corrected chi connectivity index (χ0v) is 11.5. The molecule has 8 heteroatoms. The summed E-state index contributed by atoms with van der Waals surface area (Å²) >= 11 is 0. The number of nitrogens with one attached hydrogen (secondary N) is 1. The molecule has 20 heavy (non-hydrogen) atoms. The predicted octanol–water partition coefficient (Wildman–Crippen LogP) is 0.898. The lowest BCUT2D eigenvalue weighted by Gasteiger charge is -2.05. The van der Waals surface area contributed by atoms with Crippen LogP contribution in [0.25, 0.3) is 0 Å². The van der Waals surface area contributed by atoms with Crippen LogP contribution < -0.4 is 5.32 Å². The van der Waals surface area contributed by atoms with Crippen molar-refractivity contribution in [3.63, 3.8) is 0 Å². The number of alkyl carbamates (subject to hydrolysis) is 1. The molecule has 1 amide bonds. The highest BCUT2D eigenvalue weighted by molar-refractivity contribution is 5.86. The number of hydrogen-bond donors (Lipinski definition) is 1. The Kier molecular flexibility index (Phi) is 10.8. The molecule has 0 aromatic rings. The summed E-state index contributed by atoms with van der Waals surface area (Å²) in [7, 11) is 1.53. The second kappa shape index (κ2) is 12.0. The molecule has 0 aliphatic heterocycles. The topological polar surface area (TPSA) is 92.3 Å². The molecule has 0 heterocycles. The number of carbonyl (C=O) groups excluding carboxylic acids is 2. The first-order chi connectivity index (χ1) is 9.57. The summed E-state index contributed by atoms with van der Waals surface area (Å²) in [5, 5.41) is 2.35. The average molecular weight is 289 g/mol. The Hall–Kier alpha value is -2.06. The van der Waals surface area contributed by atoms with Gasteiger partial charge in [-0.25, -0.2) is 9.59 Å². The van der Waals surface area contributed by atoms with Crippen LogP contribution in [0.1, 0.15) is 6.92 Å². The van der Waals surface area contributed by atoms with Crippen molar-refractivity contribution in [3.05, 3.63) is 24.7 Å². The second-order valence-electron chi connectivity index (χ2n) is 3.43. The molecule has 1 N–H and O–H groups in total. The van der Waals surface area contributed by atoms with Gasteiger partial charge in [0.05, 0.1) is 13.2 Å². The fourth-order valence-corrected chi connectivity index (χ4v) is 0.779. The van der Waals surface area contributed by atoms with Gasteiger partial charge in [0.25, 0.3) is 0 Å². The van der Waals surface area contributed by atoms with E-state index in [1.54, 1.807) is 0 Å². The van der Waals surface area contributed by atoms with Gasteiger partial charge in [-0.05, 0) is 6.92 Å². The maximum Gasteiger partial charge on any atom is 0.412 e. The molecule has 0 aliphatic rings. The molecule has 0 aromatic carbocycles. The second-order valence-corrected chi connectivity index (χ2v) is 3.43. The lowest BCUT2D eigenvalue weighted by Crippen LogP contribution is -2.27. The summed E-state index contributed by atoms with van der Waals surface area (Å²) in [5.74, 6) is -0.512. The lowest BCUT2D eigenvalue weighted by atomic mass is 10.4. The maximum absolute atomic E-state index is 11.1. The van der Waals surface area contributed by atoms with Crippen molar-refractivity contribution in [2.24, 2.45) is 0 Å². The first kappa shape index (κ1) is 17.9. The van der Waals surface area contributed by atoms with E-state index in [-0.39, 0.29) is 19.8 Å². The molecule has 0 rings (SSSR count). The van der Waals surface area contributed by atoms with E-state index in [0.29, 0.717) is 12.2 Å². The Morgan fingerprint density at radius 1 is 1.20 bits per heavy atom. The average Bonchev–Trinajstić information content (AvgIpc) is 2.42. The van der Waals surface area contributed by atoms with Crippen LogP contribution in [-0.2, 0) is 28.8 Å². The first-order valence-electron chi connectivity index (χ1n) is 5.77. The molecule has 8 nitrogen and oxygen atoms in total. The van der Waals surface area contributed by atoms with Crippen LogP contribution in [0, 0.1) is 0 Å². The van der Waals surface area contributed by atoms with Gasteiger partial charge in [0.15, 0.2) is 6.26 Å². The Balaban J connectivity index is 3.47. The van der Waals surface area contributed by atoms with Gasteiger partial charge in [0, 0.05) is 12.7 Å². The molecular formula is C12H19NO7. The fraction of sp³-hybridized carbons (Fsp3) is 0.500. The lowest BCUT2D eigenvalue weighted by molar-refractivity contribution is -0.254. The molecule has 0 bridgehead atoms. The molecule has 0 atom stereocenters. The number of hydrogen-bond acceptors (Lipinski definition) is 7. The minimum atomic E-state index is -0.715. The van der Waals surface area contributed by atoms with Gasteiger partial charge in [-0.15, -0.1) is 0 Å². The number of rotatable bonds is 10. The molecule has 0 aromatic heterocycles. The zero-order chi connectivity index (χ0) is 15.2. The van der Waals surface area contributed by atoms with E-state index in [1.807, 2.05) is 0 Å². The van der Waals surface area contributed by atoms with Crippen LogP contribution in [0.4, 0.5) is 4.79 Å². The van der Waals surface area contributed by atoms with Crippen molar-refractivity contribution >= 4 is 12.1 Å². The quantitative estimate of drug-likeness (QED) is 0.159.